The molecule has 0 saturated heterocycles. The van der Waals surface area contributed by atoms with Crippen molar-refractivity contribution < 1.29 is 23.5 Å². The standard InChI is InChI=1S/C50H50NO5P/c1-33(2)51(34(3)4)57(52,42-14-10-9-11-15-42)46-17-13-12-16-44(46)50-43-31-30-41(56-8)32-45(43)47(35-18-24-38(53-5)25-19-35)48(36-20-26-39(54-6)27-21-36)49(50)37-22-28-40(55-7)29-23-37/h9-34H,1-8H3. The summed E-state index contributed by atoms with van der Waals surface area (Å²) in [6.45, 7) is 8.53. The van der Waals surface area contributed by atoms with Gasteiger partial charge in [0.25, 0.3) is 0 Å². The van der Waals surface area contributed by atoms with Gasteiger partial charge < -0.3 is 18.9 Å². The minimum Gasteiger partial charge on any atom is -0.497 e. The van der Waals surface area contributed by atoms with Crippen LogP contribution in [0.1, 0.15) is 27.7 Å². The Hall–Kier alpha value is -5.81. The molecule has 7 rings (SSSR count). The van der Waals surface area contributed by atoms with Gasteiger partial charge in [-0.3, -0.25) is 4.57 Å². The van der Waals surface area contributed by atoms with Crippen molar-refractivity contribution in [2.24, 2.45) is 0 Å². The van der Waals surface area contributed by atoms with E-state index in [1.165, 1.54) is 0 Å². The monoisotopic (exact) mass is 775 g/mol. The van der Waals surface area contributed by atoms with Crippen LogP contribution in [0.3, 0.4) is 0 Å². The molecule has 0 fully saturated rings. The summed E-state index contributed by atoms with van der Waals surface area (Å²) in [7, 11) is 3.26. The van der Waals surface area contributed by atoms with Crippen LogP contribution in [-0.4, -0.2) is 45.2 Å². The number of nitrogens with zero attached hydrogens (tertiary/aromatic N) is 1. The van der Waals surface area contributed by atoms with Crippen LogP contribution < -0.4 is 29.6 Å². The molecule has 0 saturated carbocycles. The van der Waals surface area contributed by atoms with Gasteiger partial charge in [-0.1, -0.05) is 78.9 Å². The Morgan fingerprint density at radius 2 is 0.860 bits per heavy atom. The molecule has 6 nitrogen and oxygen atoms in total. The van der Waals surface area contributed by atoms with Crippen molar-refractivity contribution in [2.75, 3.05) is 28.4 Å². The molecule has 0 aliphatic rings. The average molecular weight is 776 g/mol. The van der Waals surface area contributed by atoms with E-state index in [4.69, 9.17) is 18.9 Å². The second-order valence-electron chi connectivity index (χ2n) is 14.6. The number of benzene rings is 7. The summed E-state index contributed by atoms with van der Waals surface area (Å²) in [6.07, 6.45) is 0. The van der Waals surface area contributed by atoms with Crippen LogP contribution in [0.25, 0.3) is 55.3 Å². The van der Waals surface area contributed by atoms with E-state index in [9.17, 15) is 0 Å². The maximum absolute atomic E-state index is 16.6. The lowest BCUT2D eigenvalue weighted by Gasteiger charge is -2.39. The van der Waals surface area contributed by atoms with Crippen LogP contribution >= 0.6 is 7.29 Å². The SMILES string of the molecule is COc1ccc(-c2c(-c3ccc(OC)cc3)c(-c3ccccc3P(=O)(c3ccccc3)N(C(C)C)C(C)C)c3ccc(OC)cc3c2-c2ccc(OC)cc2)cc1. The third-order valence-corrected chi connectivity index (χ3v) is 14.3. The third-order valence-electron chi connectivity index (χ3n) is 10.6. The van der Waals surface area contributed by atoms with Gasteiger partial charge in [0.05, 0.1) is 28.4 Å². The van der Waals surface area contributed by atoms with Gasteiger partial charge in [0.2, 0.25) is 7.29 Å². The summed E-state index contributed by atoms with van der Waals surface area (Å²) >= 11 is 0. The molecule has 1 atom stereocenters. The number of rotatable bonds is 13. The largest absolute Gasteiger partial charge is 0.497 e. The van der Waals surface area contributed by atoms with Crippen LogP contribution in [0.4, 0.5) is 0 Å². The molecule has 0 N–H and O–H groups in total. The fraction of sp³-hybridized carbons (Fsp3) is 0.200. The Kier molecular flexibility index (Phi) is 11.6. The minimum absolute atomic E-state index is 0.0153. The molecule has 0 bridgehead atoms. The second kappa shape index (κ2) is 16.7. The van der Waals surface area contributed by atoms with E-state index >= 15 is 4.57 Å². The topological polar surface area (TPSA) is 57.2 Å². The Balaban J connectivity index is 1.74. The van der Waals surface area contributed by atoms with Crippen LogP contribution in [0.2, 0.25) is 0 Å². The highest BCUT2D eigenvalue weighted by atomic mass is 31.2. The van der Waals surface area contributed by atoms with Crippen LogP contribution in [-0.2, 0) is 4.57 Å². The van der Waals surface area contributed by atoms with Crippen molar-refractivity contribution in [1.29, 1.82) is 0 Å². The molecular formula is C50H50NO5P. The molecular weight excluding hydrogens is 726 g/mol. The molecule has 57 heavy (non-hydrogen) atoms. The predicted molar refractivity (Wildman–Crippen MR) is 237 cm³/mol. The average Bonchev–Trinajstić information content (AvgIpc) is 3.25. The van der Waals surface area contributed by atoms with E-state index in [2.05, 4.69) is 99.1 Å². The van der Waals surface area contributed by atoms with Crippen LogP contribution in [0.5, 0.6) is 23.0 Å². The molecule has 7 heteroatoms. The molecule has 0 aromatic heterocycles. The van der Waals surface area contributed by atoms with Gasteiger partial charge in [-0.15, -0.1) is 0 Å². The van der Waals surface area contributed by atoms with E-state index in [0.29, 0.717) is 0 Å². The Morgan fingerprint density at radius 1 is 0.439 bits per heavy atom. The molecule has 0 amide bonds. The smallest absolute Gasteiger partial charge is 0.208 e. The minimum atomic E-state index is -3.49. The highest BCUT2D eigenvalue weighted by Gasteiger charge is 2.40. The van der Waals surface area contributed by atoms with E-state index in [1.807, 2.05) is 78.9 Å². The summed E-state index contributed by atoms with van der Waals surface area (Å²) in [6, 6.07) is 49.2. The first-order chi connectivity index (χ1) is 27.6. The van der Waals surface area contributed by atoms with Crippen molar-refractivity contribution >= 4 is 28.7 Å². The van der Waals surface area contributed by atoms with E-state index in [1.54, 1.807) is 28.4 Å². The summed E-state index contributed by atoms with van der Waals surface area (Å²) < 4.78 is 41.7. The van der Waals surface area contributed by atoms with Gasteiger partial charge in [-0.05, 0) is 150 Å². The lowest BCUT2D eigenvalue weighted by atomic mass is 9.79. The van der Waals surface area contributed by atoms with E-state index < -0.39 is 7.29 Å². The number of fused-ring (bicyclic) bond motifs is 1. The zero-order valence-corrected chi connectivity index (χ0v) is 34.8. The van der Waals surface area contributed by atoms with Gasteiger partial charge in [0.1, 0.15) is 23.0 Å². The summed E-state index contributed by atoms with van der Waals surface area (Å²) in [5.41, 5.74) is 7.90. The molecule has 0 spiro atoms. The van der Waals surface area contributed by atoms with Crippen molar-refractivity contribution in [1.82, 2.24) is 4.67 Å². The van der Waals surface area contributed by atoms with Crippen molar-refractivity contribution in [3.8, 4) is 67.5 Å². The van der Waals surface area contributed by atoms with Crippen molar-refractivity contribution in [3.63, 3.8) is 0 Å². The third kappa shape index (κ3) is 7.32. The fourth-order valence-electron chi connectivity index (χ4n) is 8.25. The Bertz CT molecular complexity index is 2520. The maximum atomic E-state index is 16.6. The zero-order chi connectivity index (χ0) is 40.3. The van der Waals surface area contributed by atoms with Gasteiger partial charge in [0.15, 0.2) is 0 Å². The van der Waals surface area contributed by atoms with Gasteiger partial charge >= 0.3 is 0 Å². The first-order valence-corrected chi connectivity index (χ1v) is 21.0. The summed E-state index contributed by atoms with van der Waals surface area (Å²) in [5.74, 6) is 3.01. The first-order valence-electron chi connectivity index (χ1n) is 19.3. The highest BCUT2D eigenvalue weighted by molar-refractivity contribution is 7.76. The molecule has 7 aromatic rings. The quantitative estimate of drug-likeness (QED) is 0.109. The van der Waals surface area contributed by atoms with Crippen molar-refractivity contribution in [3.05, 3.63) is 146 Å². The summed E-state index contributed by atoms with van der Waals surface area (Å²) in [5, 5.41) is 3.56. The number of hydrogen-bond donors (Lipinski definition) is 0. The molecule has 7 aromatic carbocycles. The highest BCUT2D eigenvalue weighted by Crippen LogP contribution is 2.56. The second-order valence-corrected chi connectivity index (χ2v) is 17.2. The molecule has 0 radical (unpaired) electrons. The lowest BCUT2D eigenvalue weighted by Crippen LogP contribution is -2.41. The number of hydrogen-bond acceptors (Lipinski definition) is 5. The van der Waals surface area contributed by atoms with Gasteiger partial charge in [-0.2, -0.15) is 0 Å². The molecule has 1 unspecified atom stereocenters. The van der Waals surface area contributed by atoms with E-state index in [-0.39, 0.29) is 12.1 Å². The normalized spacial score (nSPS) is 12.5. The van der Waals surface area contributed by atoms with Gasteiger partial charge in [0, 0.05) is 22.7 Å². The Morgan fingerprint density at radius 3 is 1.33 bits per heavy atom. The number of ether oxygens (including phenoxy) is 4. The van der Waals surface area contributed by atoms with E-state index in [0.717, 1.165) is 88.9 Å². The molecule has 0 aliphatic heterocycles. The fourth-order valence-corrected chi connectivity index (χ4v) is 11.7. The Labute approximate surface area is 337 Å². The molecule has 0 aliphatic carbocycles. The van der Waals surface area contributed by atoms with Crippen LogP contribution in [0.15, 0.2) is 146 Å². The molecule has 290 valence electrons. The first kappa shape index (κ1) is 39.4. The predicted octanol–water partition coefficient (Wildman–Crippen LogP) is 11.9. The maximum Gasteiger partial charge on any atom is 0.208 e. The zero-order valence-electron chi connectivity index (χ0n) is 33.9. The summed E-state index contributed by atoms with van der Waals surface area (Å²) in [4.78, 5) is 0. The number of methoxy groups -OCH3 is 4. The van der Waals surface area contributed by atoms with Crippen LogP contribution in [0, 0.1) is 0 Å². The molecule has 0 heterocycles. The van der Waals surface area contributed by atoms with Crippen molar-refractivity contribution in [2.45, 2.75) is 39.8 Å². The van der Waals surface area contributed by atoms with Gasteiger partial charge in [-0.25, -0.2) is 4.67 Å². The lowest BCUT2D eigenvalue weighted by molar-refractivity contribution is 0.307.